The Morgan fingerprint density at radius 1 is 1.40 bits per heavy atom. The van der Waals surface area contributed by atoms with Crippen molar-refractivity contribution in [1.29, 1.82) is 0 Å². The average molecular weight is 405 g/mol. The molecule has 0 unspecified atom stereocenters. The fourth-order valence-electron chi connectivity index (χ4n) is 2.30. The minimum atomic E-state index is -0.743. The first-order valence-electron chi connectivity index (χ1n) is 7.16. The van der Waals surface area contributed by atoms with Crippen LogP contribution < -0.4 is 10.9 Å². The number of nitrogens with zero attached hydrogens (tertiary/aromatic N) is 3. The second kappa shape index (κ2) is 6.52. The summed E-state index contributed by atoms with van der Waals surface area (Å²) in [5.41, 5.74) is 0.694. The van der Waals surface area contributed by atoms with Gasteiger partial charge in [0.15, 0.2) is 5.69 Å². The van der Waals surface area contributed by atoms with Crippen LogP contribution in [0.2, 0.25) is 0 Å². The largest absolute Gasteiger partial charge is 0.501 e. The number of amides is 1. The maximum atomic E-state index is 12.4. The predicted molar refractivity (Wildman–Crippen MR) is 93.5 cm³/mol. The highest BCUT2D eigenvalue weighted by Crippen LogP contribution is 2.27. The summed E-state index contributed by atoms with van der Waals surface area (Å²) < 4.78 is 6.66. The van der Waals surface area contributed by atoms with Crippen LogP contribution in [0.5, 0.6) is 5.75 Å². The van der Waals surface area contributed by atoms with Gasteiger partial charge in [-0.1, -0.05) is 33.2 Å². The molecule has 0 fully saturated rings. The van der Waals surface area contributed by atoms with Crippen molar-refractivity contribution < 1.29 is 14.4 Å². The fraction of sp³-hybridized carbons (Fsp3) is 0.125. The van der Waals surface area contributed by atoms with Crippen molar-refractivity contribution in [3.8, 4) is 17.1 Å². The second-order valence-corrected chi connectivity index (χ2v) is 6.13. The molecule has 0 saturated carbocycles. The molecule has 0 atom stereocenters. The zero-order chi connectivity index (χ0) is 18.1. The van der Waals surface area contributed by atoms with E-state index in [2.05, 4.69) is 35.9 Å². The Morgan fingerprint density at radius 3 is 2.84 bits per heavy atom. The molecule has 0 saturated heterocycles. The highest BCUT2D eigenvalue weighted by molar-refractivity contribution is 9.10. The van der Waals surface area contributed by atoms with E-state index in [0.717, 1.165) is 10.0 Å². The summed E-state index contributed by atoms with van der Waals surface area (Å²) in [6.07, 6.45) is 2.50. The van der Waals surface area contributed by atoms with Gasteiger partial charge < -0.3 is 14.9 Å². The molecule has 9 heteroatoms. The first kappa shape index (κ1) is 16.9. The van der Waals surface area contributed by atoms with E-state index in [1.807, 2.05) is 13.0 Å². The Balaban J connectivity index is 2.15. The van der Waals surface area contributed by atoms with Gasteiger partial charge in [0, 0.05) is 17.1 Å². The molecular formula is C16H13BrN4O4. The van der Waals surface area contributed by atoms with Crippen molar-refractivity contribution >= 4 is 27.5 Å². The minimum absolute atomic E-state index is 0.261. The Hall–Kier alpha value is -2.94. The minimum Gasteiger partial charge on any atom is -0.501 e. The molecule has 1 amide bonds. The van der Waals surface area contributed by atoms with Crippen molar-refractivity contribution in [2.45, 2.75) is 6.92 Å². The van der Waals surface area contributed by atoms with Crippen LogP contribution in [0.1, 0.15) is 16.1 Å². The molecule has 2 heterocycles. The third-order valence-corrected chi connectivity index (χ3v) is 4.54. The molecule has 0 bridgehead atoms. The van der Waals surface area contributed by atoms with Gasteiger partial charge in [-0.15, -0.1) is 0 Å². The van der Waals surface area contributed by atoms with Crippen LogP contribution in [-0.4, -0.2) is 25.7 Å². The lowest BCUT2D eigenvalue weighted by Gasteiger charge is -2.13. The van der Waals surface area contributed by atoms with Gasteiger partial charge in [-0.2, -0.15) is 0 Å². The number of hydrogen-bond acceptors (Lipinski definition) is 6. The topological polar surface area (TPSA) is 110 Å². The number of aromatic hydroxyl groups is 1. The summed E-state index contributed by atoms with van der Waals surface area (Å²) in [6, 6.07) is 5.43. The third kappa shape index (κ3) is 3.05. The van der Waals surface area contributed by atoms with Crippen LogP contribution in [-0.2, 0) is 7.05 Å². The van der Waals surface area contributed by atoms with E-state index in [4.69, 9.17) is 0 Å². The first-order chi connectivity index (χ1) is 11.9. The molecule has 0 aliphatic carbocycles. The summed E-state index contributed by atoms with van der Waals surface area (Å²) in [6.45, 7) is 1.86. The Bertz CT molecular complexity index is 1010. The van der Waals surface area contributed by atoms with Gasteiger partial charge in [-0.25, -0.2) is 4.98 Å². The van der Waals surface area contributed by atoms with Crippen LogP contribution in [0.15, 0.2) is 44.4 Å². The van der Waals surface area contributed by atoms with Crippen LogP contribution in [0.25, 0.3) is 11.4 Å². The number of carbonyl (C=O) groups is 1. The number of benzene rings is 1. The average Bonchev–Trinajstić information content (AvgIpc) is 3.09. The van der Waals surface area contributed by atoms with E-state index in [1.54, 1.807) is 12.1 Å². The van der Waals surface area contributed by atoms with Crippen molar-refractivity contribution in [2.75, 3.05) is 5.32 Å². The summed E-state index contributed by atoms with van der Waals surface area (Å²) in [4.78, 5) is 28.9. The molecule has 0 spiro atoms. The van der Waals surface area contributed by atoms with E-state index < -0.39 is 17.2 Å². The fourth-order valence-corrected chi connectivity index (χ4v) is 2.66. The SMILES string of the molecule is Cc1c(Br)cccc1-c1nc(C(=O)Nc2cnoc2)c(O)c(=O)n1C. The van der Waals surface area contributed by atoms with Gasteiger partial charge in [0.2, 0.25) is 5.75 Å². The van der Waals surface area contributed by atoms with Gasteiger partial charge in [-0.3, -0.25) is 14.2 Å². The van der Waals surface area contributed by atoms with Crippen molar-refractivity contribution in [3.63, 3.8) is 0 Å². The smallest absolute Gasteiger partial charge is 0.296 e. The zero-order valence-corrected chi connectivity index (χ0v) is 14.9. The highest BCUT2D eigenvalue weighted by atomic mass is 79.9. The number of aromatic nitrogens is 3. The lowest BCUT2D eigenvalue weighted by Crippen LogP contribution is -2.25. The number of anilines is 1. The normalized spacial score (nSPS) is 10.7. The van der Waals surface area contributed by atoms with E-state index in [-0.39, 0.29) is 17.2 Å². The molecule has 1 aromatic carbocycles. The number of halogens is 1. The van der Waals surface area contributed by atoms with Crippen molar-refractivity contribution in [2.24, 2.45) is 7.05 Å². The second-order valence-electron chi connectivity index (χ2n) is 5.28. The van der Waals surface area contributed by atoms with Crippen LogP contribution in [0.4, 0.5) is 5.69 Å². The first-order valence-corrected chi connectivity index (χ1v) is 7.95. The Morgan fingerprint density at radius 2 is 2.16 bits per heavy atom. The van der Waals surface area contributed by atoms with E-state index >= 15 is 0 Å². The van der Waals surface area contributed by atoms with E-state index in [9.17, 15) is 14.7 Å². The molecule has 0 radical (unpaired) electrons. The maximum absolute atomic E-state index is 12.4. The van der Waals surface area contributed by atoms with Crippen molar-refractivity contribution in [3.05, 3.63) is 56.7 Å². The lowest BCUT2D eigenvalue weighted by atomic mass is 10.1. The molecule has 0 aliphatic rings. The standard InChI is InChI=1S/C16H13BrN4O4/c1-8-10(4-3-5-11(8)17)14-20-12(13(22)16(24)21(14)2)15(23)19-9-6-18-25-7-9/h3-7,22H,1-2H3,(H,19,23). The molecular weight excluding hydrogens is 392 g/mol. The molecule has 25 heavy (non-hydrogen) atoms. The molecule has 2 aromatic heterocycles. The van der Waals surface area contributed by atoms with Gasteiger partial charge in [-0.05, 0) is 18.6 Å². The Kier molecular flexibility index (Phi) is 4.41. The predicted octanol–water partition coefficient (Wildman–Crippen LogP) is 2.46. The quantitative estimate of drug-likeness (QED) is 0.693. The summed E-state index contributed by atoms with van der Waals surface area (Å²) in [5.74, 6) is -1.21. The zero-order valence-electron chi connectivity index (χ0n) is 13.3. The van der Waals surface area contributed by atoms with Gasteiger partial charge in [0.05, 0.1) is 6.20 Å². The van der Waals surface area contributed by atoms with Gasteiger partial charge in [0.1, 0.15) is 17.8 Å². The van der Waals surface area contributed by atoms with Gasteiger partial charge in [0.25, 0.3) is 11.5 Å². The number of hydrogen-bond donors (Lipinski definition) is 2. The molecule has 0 aliphatic heterocycles. The maximum Gasteiger partial charge on any atom is 0.296 e. The molecule has 3 rings (SSSR count). The van der Waals surface area contributed by atoms with Crippen LogP contribution in [0, 0.1) is 6.92 Å². The summed E-state index contributed by atoms with van der Waals surface area (Å²) >= 11 is 3.43. The molecule has 3 aromatic rings. The Labute approximate surface area is 150 Å². The van der Waals surface area contributed by atoms with Gasteiger partial charge >= 0.3 is 0 Å². The number of carbonyl (C=O) groups excluding carboxylic acids is 1. The van der Waals surface area contributed by atoms with Crippen LogP contribution in [0.3, 0.4) is 0 Å². The van der Waals surface area contributed by atoms with E-state index in [0.29, 0.717) is 5.56 Å². The number of nitrogens with one attached hydrogen (secondary N) is 1. The van der Waals surface area contributed by atoms with E-state index in [1.165, 1.54) is 24.1 Å². The molecule has 2 N–H and O–H groups in total. The highest BCUT2D eigenvalue weighted by Gasteiger charge is 2.22. The van der Waals surface area contributed by atoms with Crippen molar-refractivity contribution in [1.82, 2.24) is 14.7 Å². The molecule has 8 nitrogen and oxygen atoms in total. The summed E-state index contributed by atoms with van der Waals surface area (Å²) in [5, 5.41) is 16.0. The monoisotopic (exact) mass is 404 g/mol. The number of rotatable bonds is 3. The summed E-state index contributed by atoms with van der Waals surface area (Å²) in [7, 11) is 1.48. The third-order valence-electron chi connectivity index (χ3n) is 3.68. The lowest BCUT2D eigenvalue weighted by molar-refractivity contribution is 0.101. The molecule has 128 valence electrons. The van der Waals surface area contributed by atoms with Crippen LogP contribution >= 0.6 is 15.9 Å².